The van der Waals surface area contributed by atoms with Gasteiger partial charge >= 0.3 is 0 Å². The second-order valence-electron chi connectivity index (χ2n) is 10.9. The maximum absolute atomic E-state index is 13.2. The van der Waals surface area contributed by atoms with E-state index in [0.29, 0.717) is 30.6 Å². The van der Waals surface area contributed by atoms with Crippen LogP contribution >= 0.6 is 0 Å². The fraction of sp³-hybridized carbons (Fsp3) is 0.538. The molecule has 0 spiro atoms. The summed E-state index contributed by atoms with van der Waals surface area (Å²) in [6.07, 6.45) is 6.26. The molecule has 192 valence electrons. The van der Waals surface area contributed by atoms with E-state index in [1.807, 2.05) is 6.07 Å². The van der Waals surface area contributed by atoms with Crippen molar-refractivity contribution in [3.05, 3.63) is 58.4 Å². The van der Waals surface area contributed by atoms with E-state index in [1.165, 1.54) is 48.5 Å². The maximum Gasteiger partial charge on any atom is 0.292 e. The number of piperazine rings is 1. The van der Waals surface area contributed by atoms with Gasteiger partial charge in [0.1, 0.15) is 11.5 Å². The Kier molecular flexibility index (Phi) is 5.91. The summed E-state index contributed by atoms with van der Waals surface area (Å²) < 4.78 is 40.6. The zero-order valence-corrected chi connectivity index (χ0v) is 20.9. The second-order valence-corrected chi connectivity index (χ2v) is 12.8. The number of rotatable bonds is 6. The predicted molar refractivity (Wildman–Crippen MR) is 135 cm³/mol. The molecule has 1 aliphatic heterocycles. The largest absolute Gasteiger partial charge is 0.376 e. The Balaban J connectivity index is 1.18. The monoisotopic (exact) mass is 514 g/mol. The molecule has 0 atom stereocenters. The van der Waals surface area contributed by atoms with Crippen LogP contribution in [-0.2, 0) is 10.0 Å². The lowest BCUT2D eigenvalue weighted by Gasteiger charge is -2.54. The number of hydrogen-bond donors (Lipinski definition) is 1. The van der Waals surface area contributed by atoms with Gasteiger partial charge in [0.2, 0.25) is 10.0 Å². The molecule has 1 N–H and O–H groups in total. The van der Waals surface area contributed by atoms with Crippen LogP contribution in [0.5, 0.6) is 0 Å². The molecule has 4 bridgehead atoms. The molecule has 2 aromatic carbocycles. The first-order chi connectivity index (χ1) is 17.3. The third-order valence-corrected chi connectivity index (χ3v) is 10.7. The first-order valence-electron chi connectivity index (χ1n) is 12.8. The van der Waals surface area contributed by atoms with Crippen LogP contribution in [0.15, 0.2) is 47.4 Å². The maximum atomic E-state index is 13.2. The molecule has 0 amide bonds. The zero-order valence-electron chi connectivity index (χ0n) is 20.1. The van der Waals surface area contributed by atoms with E-state index in [0.717, 1.165) is 29.7 Å². The highest BCUT2D eigenvalue weighted by Crippen LogP contribution is 2.54. The smallest absolute Gasteiger partial charge is 0.292 e. The highest BCUT2D eigenvalue weighted by molar-refractivity contribution is 7.89. The number of benzene rings is 2. The van der Waals surface area contributed by atoms with Gasteiger partial charge in [-0.15, -0.1) is 0 Å². The number of nitro benzene ring substituents is 1. The van der Waals surface area contributed by atoms with Gasteiger partial charge in [-0.2, -0.15) is 4.31 Å². The first kappa shape index (κ1) is 23.7. The van der Waals surface area contributed by atoms with Gasteiger partial charge in [-0.05, 0) is 92.2 Å². The van der Waals surface area contributed by atoms with Crippen LogP contribution in [0.3, 0.4) is 0 Å². The summed E-state index contributed by atoms with van der Waals surface area (Å²) in [4.78, 5) is 13.6. The zero-order chi connectivity index (χ0) is 25.0. The Bertz CT molecular complexity index is 1230. The van der Waals surface area contributed by atoms with Crippen molar-refractivity contribution < 1.29 is 17.7 Å². The average molecular weight is 515 g/mol. The molecule has 4 saturated carbocycles. The summed E-state index contributed by atoms with van der Waals surface area (Å²) in [6.45, 7) is 1.51. The number of sulfonamides is 1. The Morgan fingerprint density at radius 2 is 1.50 bits per heavy atom. The quantitative estimate of drug-likeness (QED) is 0.451. The minimum absolute atomic E-state index is 0.0786. The SMILES string of the molecule is O=[N+]([O-])c1ccc(N2CCN(S(=O)(=O)c3ccc(F)cc3)CC2)cc1NC1C2CC3CC(C2)CC1C3. The van der Waals surface area contributed by atoms with Gasteiger partial charge in [0, 0.05) is 44.0 Å². The lowest BCUT2D eigenvalue weighted by molar-refractivity contribution is -0.384. The fourth-order valence-electron chi connectivity index (χ4n) is 7.28. The Labute approximate surface area is 210 Å². The lowest BCUT2D eigenvalue weighted by Crippen LogP contribution is -2.51. The Hall–Kier alpha value is -2.72. The van der Waals surface area contributed by atoms with Gasteiger partial charge in [-0.25, -0.2) is 12.8 Å². The van der Waals surface area contributed by atoms with E-state index in [2.05, 4.69) is 10.2 Å². The molecule has 7 rings (SSSR count). The molecular weight excluding hydrogens is 483 g/mol. The molecule has 5 fully saturated rings. The fourth-order valence-corrected chi connectivity index (χ4v) is 8.70. The summed E-state index contributed by atoms with van der Waals surface area (Å²) in [7, 11) is -3.70. The predicted octanol–water partition coefficient (Wildman–Crippen LogP) is 4.48. The number of nitrogens with one attached hydrogen (secondary N) is 1. The van der Waals surface area contributed by atoms with Crippen molar-refractivity contribution in [3.63, 3.8) is 0 Å². The molecular formula is C26H31FN4O4S. The first-order valence-corrected chi connectivity index (χ1v) is 14.3. The third kappa shape index (κ3) is 4.24. The van der Waals surface area contributed by atoms with E-state index >= 15 is 0 Å². The van der Waals surface area contributed by atoms with Gasteiger partial charge in [0.15, 0.2) is 0 Å². The second kappa shape index (κ2) is 8.99. The summed E-state index contributed by atoms with van der Waals surface area (Å²) in [5, 5.41) is 15.4. The molecule has 0 radical (unpaired) electrons. The van der Waals surface area contributed by atoms with Gasteiger partial charge in [0.25, 0.3) is 5.69 Å². The van der Waals surface area contributed by atoms with Crippen molar-refractivity contribution in [1.29, 1.82) is 0 Å². The molecule has 1 heterocycles. The highest BCUT2D eigenvalue weighted by atomic mass is 32.2. The molecule has 0 aromatic heterocycles. The van der Waals surface area contributed by atoms with Crippen LogP contribution in [0.2, 0.25) is 0 Å². The van der Waals surface area contributed by atoms with Crippen LogP contribution in [0.25, 0.3) is 0 Å². The number of hydrogen-bond acceptors (Lipinski definition) is 6. The van der Waals surface area contributed by atoms with Crippen molar-refractivity contribution in [1.82, 2.24) is 4.31 Å². The van der Waals surface area contributed by atoms with E-state index in [-0.39, 0.29) is 34.6 Å². The van der Waals surface area contributed by atoms with Crippen molar-refractivity contribution in [2.75, 3.05) is 36.4 Å². The highest BCUT2D eigenvalue weighted by Gasteiger charge is 2.48. The minimum Gasteiger partial charge on any atom is -0.376 e. The molecule has 5 aliphatic rings. The van der Waals surface area contributed by atoms with Crippen molar-refractivity contribution in [3.8, 4) is 0 Å². The molecule has 4 aliphatic carbocycles. The molecule has 8 nitrogen and oxygen atoms in total. The van der Waals surface area contributed by atoms with E-state index in [9.17, 15) is 22.9 Å². The number of halogens is 1. The molecule has 0 unspecified atom stereocenters. The average Bonchev–Trinajstić information content (AvgIpc) is 2.86. The van der Waals surface area contributed by atoms with E-state index in [4.69, 9.17) is 0 Å². The standard InChI is InChI=1S/C26H31FN4O4S/c27-21-1-4-23(5-2-21)36(34,35)30-9-7-29(8-10-30)22-3-6-25(31(32)33)24(16-22)28-26-19-12-17-11-18(14-19)15-20(26)13-17/h1-6,16-20,26,28H,7-15H2. The summed E-state index contributed by atoms with van der Waals surface area (Å²) in [6, 6.07) is 10.3. The van der Waals surface area contributed by atoms with Gasteiger partial charge in [-0.3, -0.25) is 10.1 Å². The number of anilines is 2. The Morgan fingerprint density at radius 1 is 0.889 bits per heavy atom. The Morgan fingerprint density at radius 3 is 2.08 bits per heavy atom. The van der Waals surface area contributed by atoms with Gasteiger partial charge < -0.3 is 10.2 Å². The van der Waals surface area contributed by atoms with E-state index < -0.39 is 15.8 Å². The topological polar surface area (TPSA) is 95.8 Å². The van der Waals surface area contributed by atoms with Crippen LogP contribution in [-0.4, -0.2) is 49.9 Å². The summed E-state index contributed by atoms with van der Waals surface area (Å²) in [5.74, 6) is 2.35. The van der Waals surface area contributed by atoms with Crippen molar-refractivity contribution in [2.24, 2.45) is 23.7 Å². The number of nitrogens with zero attached hydrogens (tertiary/aromatic N) is 3. The third-order valence-electron chi connectivity index (χ3n) is 8.78. The van der Waals surface area contributed by atoms with Gasteiger partial charge in [0.05, 0.1) is 9.82 Å². The normalized spacial score (nSPS) is 29.9. The molecule has 10 heteroatoms. The number of nitro groups is 1. The van der Waals surface area contributed by atoms with Gasteiger partial charge in [-0.1, -0.05) is 0 Å². The van der Waals surface area contributed by atoms with Crippen LogP contribution in [0.1, 0.15) is 32.1 Å². The van der Waals surface area contributed by atoms with Crippen LogP contribution < -0.4 is 10.2 Å². The minimum atomic E-state index is -3.70. The van der Waals surface area contributed by atoms with E-state index in [1.54, 1.807) is 12.1 Å². The van der Waals surface area contributed by atoms with Crippen LogP contribution in [0, 0.1) is 39.6 Å². The summed E-state index contributed by atoms with van der Waals surface area (Å²) >= 11 is 0. The lowest BCUT2D eigenvalue weighted by atomic mass is 9.54. The van der Waals surface area contributed by atoms with Crippen molar-refractivity contribution in [2.45, 2.75) is 43.0 Å². The summed E-state index contributed by atoms with van der Waals surface area (Å²) in [5.41, 5.74) is 1.51. The van der Waals surface area contributed by atoms with Crippen LogP contribution in [0.4, 0.5) is 21.5 Å². The molecule has 1 saturated heterocycles. The molecule has 36 heavy (non-hydrogen) atoms. The van der Waals surface area contributed by atoms with Crippen molar-refractivity contribution >= 4 is 27.1 Å². The molecule has 2 aromatic rings.